The van der Waals surface area contributed by atoms with Gasteiger partial charge in [0.05, 0.1) is 6.61 Å². The largest absolute Gasteiger partial charge is 0.504 e. The second-order valence-electron chi connectivity index (χ2n) is 7.96. The molecule has 1 aliphatic heterocycles. The molecule has 1 N–H and O–H groups in total. The molecule has 1 aliphatic rings. The van der Waals surface area contributed by atoms with E-state index in [-0.39, 0.29) is 22.7 Å². The Morgan fingerprint density at radius 1 is 1.14 bits per heavy atom. The Balaban J connectivity index is 2.33. The Labute approximate surface area is 133 Å². The zero-order valence-corrected chi connectivity index (χ0v) is 14.5. The summed E-state index contributed by atoms with van der Waals surface area (Å²) in [6.45, 7) is 14.0. The van der Waals surface area contributed by atoms with Gasteiger partial charge in [-0.1, -0.05) is 47.6 Å². The van der Waals surface area contributed by atoms with Crippen LogP contribution in [0, 0.1) is 0 Å². The van der Waals surface area contributed by atoms with Crippen molar-refractivity contribution in [1.82, 2.24) is 0 Å². The average molecular weight is 308 g/mol. The summed E-state index contributed by atoms with van der Waals surface area (Å²) >= 11 is 0. The molecule has 1 fully saturated rings. The van der Waals surface area contributed by atoms with Gasteiger partial charge in [0.2, 0.25) is 0 Å². The number of hydrogen-bond acceptors (Lipinski definition) is 4. The molecule has 0 saturated carbocycles. The van der Waals surface area contributed by atoms with Gasteiger partial charge in [-0.05, 0) is 22.5 Å². The van der Waals surface area contributed by atoms with Crippen LogP contribution in [0.25, 0.3) is 0 Å². The zero-order valence-electron chi connectivity index (χ0n) is 14.5. The van der Waals surface area contributed by atoms with Crippen LogP contribution in [-0.2, 0) is 20.3 Å². The number of phenolic OH excluding ortho intramolecular Hbond substituents is 1. The summed E-state index contributed by atoms with van der Waals surface area (Å²) < 4.78 is 16.4. The molecule has 1 unspecified atom stereocenters. The summed E-state index contributed by atoms with van der Waals surface area (Å²) in [5, 5.41) is 10.6. The van der Waals surface area contributed by atoms with E-state index in [1.807, 2.05) is 6.07 Å². The van der Waals surface area contributed by atoms with Crippen molar-refractivity contribution in [2.45, 2.75) is 58.5 Å². The predicted octanol–water partition coefficient (Wildman–Crippen LogP) is 3.74. The van der Waals surface area contributed by atoms with E-state index in [9.17, 15) is 5.11 Å². The number of ether oxygens (including phenoxy) is 3. The molecular formula is C18H28O4. The summed E-state index contributed by atoms with van der Waals surface area (Å²) in [5.74, 6) is 0.743. The molecule has 1 atom stereocenters. The Hall–Kier alpha value is -1.26. The summed E-state index contributed by atoms with van der Waals surface area (Å²) in [5.41, 5.74) is 1.88. The minimum absolute atomic E-state index is 0.0151. The van der Waals surface area contributed by atoms with Crippen molar-refractivity contribution in [3.05, 3.63) is 23.3 Å². The maximum absolute atomic E-state index is 10.6. The van der Waals surface area contributed by atoms with E-state index in [1.165, 1.54) is 0 Å². The standard InChI is InChI=1S/C18H28O4/c1-17(2,3)12-7-14(18(4,5)6)16(19)15(8-12)21-10-13-9-20-11-22-13/h7-8,13,19H,9-11H2,1-6H3. The van der Waals surface area contributed by atoms with Crippen molar-refractivity contribution < 1.29 is 19.3 Å². The SMILES string of the molecule is CC(C)(C)c1cc(OCC2COCO2)c(O)c(C(C)(C)C)c1. The number of aromatic hydroxyl groups is 1. The highest BCUT2D eigenvalue weighted by Crippen LogP contribution is 2.41. The van der Waals surface area contributed by atoms with Crippen LogP contribution in [0.5, 0.6) is 11.5 Å². The third-order valence-corrected chi connectivity index (χ3v) is 3.86. The molecule has 124 valence electrons. The summed E-state index contributed by atoms with van der Waals surface area (Å²) in [4.78, 5) is 0. The lowest BCUT2D eigenvalue weighted by atomic mass is 9.80. The van der Waals surface area contributed by atoms with Crippen LogP contribution >= 0.6 is 0 Å². The molecule has 1 aromatic carbocycles. The first-order chi connectivity index (χ1) is 10.1. The van der Waals surface area contributed by atoms with Crippen LogP contribution < -0.4 is 4.74 Å². The fourth-order valence-electron chi connectivity index (χ4n) is 2.37. The lowest BCUT2D eigenvalue weighted by molar-refractivity contribution is 0.0317. The number of rotatable bonds is 3. The second-order valence-corrected chi connectivity index (χ2v) is 7.96. The van der Waals surface area contributed by atoms with Crippen molar-refractivity contribution in [1.29, 1.82) is 0 Å². The Kier molecular flexibility index (Phi) is 4.73. The molecule has 1 saturated heterocycles. The van der Waals surface area contributed by atoms with E-state index in [4.69, 9.17) is 14.2 Å². The van der Waals surface area contributed by atoms with E-state index in [1.54, 1.807) is 0 Å². The Morgan fingerprint density at radius 2 is 1.82 bits per heavy atom. The molecule has 2 rings (SSSR count). The molecule has 1 aromatic rings. The molecule has 4 nitrogen and oxygen atoms in total. The summed E-state index contributed by atoms with van der Waals surface area (Å²) in [6.07, 6.45) is -0.0734. The molecular weight excluding hydrogens is 280 g/mol. The first-order valence-electron chi connectivity index (χ1n) is 7.79. The maximum atomic E-state index is 10.6. The molecule has 0 aromatic heterocycles. The lowest BCUT2D eigenvalue weighted by Gasteiger charge is -2.27. The molecule has 0 bridgehead atoms. The van der Waals surface area contributed by atoms with Gasteiger partial charge in [-0.15, -0.1) is 0 Å². The monoisotopic (exact) mass is 308 g/mol. The van der Waals surface area contributed by atoms with Crippen LogP contribution in [0.1, 0.15) is 52.7 Å². The van der Waals surface area contributed by atoms with E-state index < -0.39 is 0 Å². The van der Waals surface area contributed by atoms with Crippen molar-refractivity contribution in [3.8, 4) is 11.5 Å². The van der Waals surface area contributed by atoms with Gasteiger partial charge in [0.1, 0.15) is 19.5 Å². The Bertz CT molecular complexity index is 517. The summed E-state index contributed by atoms with van der Waals surface area (Å²) in [7, 11) is 0. The van der Waals surface area contributed by atoms with Gasteiger partial charge in [0.25, 0.3) is 0 Å². The van der Waals surface area contributed by atoms with E-state index in [0.717, 1.165) is 11.1 Å². The van der Waals surface area contributed by atoms with Gasteiger partial charge in [-0.25, -0.2) is 0 Å². The fraction of sp³-hybridized carbons (Fsp3) is 0.667. The van der Waals surface area contributed by atoms with Crippen LogP contribution in [-0.4, -0.2) is 31.2 Å². The molecule has 0 radical (unpaired) electrons. The van der Waals surface area contributed by atoms with Gasteiger partial charge in [0, 0.05) is 5.56 Å². The number of hydrogen-bond donors (Lipinski definition) is 1. The van der Waals surface area contributed by atoms with E-state index >= 15 is 0 Å². The van der Waals surface area contributed by atoms with Gasteiger partial charge < -0.3 is 19.3 Å². The second kappa shape index (κ2) is 6.09. The molecule has 0 spiro atoms. The molecule has 0 amide bonds. The van der Waals surface area contributed by atoms with E-state index in [0.29, 0.717) is 25.8 Å². The predicted molar refractivity (Wildman–Crippen MR) is 86.7 cm³/mol. The van der Waals surface area contributed by atoms with Crippen LogP contribution in [0.3, 0.4) is 0 Å². The number of phenols is 1. The van der Waals surface area contributed by atoms with Gasteiger partial charge in [0.15, 0.2) is 11.5 Å². The highest BCUT2D eigenvalue weighted by atomic mass is 16.7. The average Bonchev–Trinajstić information content (AvgIpc) is 2.87. The first-order valence-corrected chi connectivity index (χ1v) is 7.79. The van der Waals surface area contributed by atoms with Crippen LogP contribution in [0.4, 0.5) is 0 Å². The smallest absolute Gasteiger partial charge is 0.161 e. The van der Waals surface area contributed by atoms with E-state index in [2.05, 4.69) is 47.6 Å². The zero-order chi connectivity index (χ0) is 16.5. The van der Waals surface area contributed by atoms with Crippen molar-refractivity contribution in [2.75, 3.05) is 20.0 Å². The minimum Gasteiger partial charge on any atom is -0.504 e. The van der Waals surface area contributed by atoms with Gasteiger partial charge in [-0.2, -0.15) is 0 Å². The highest BCUT2D eigenvalue weighted by molar-refractivity contribution is 5.52. The third kappa shape index (κ3) is 3.93. The quantitative estimate of drug-likeness (QED) is 0.924. The lowest BCUT2D eigenvalue weighted by Crippen LogP contribution is -2.21. The molecule has 4 heteroatoms. The first kappa shape index (κ1) is 17.1. The Morgan fingerprint density at radius 3 is 2.32 bits per heavy atom. The van der Waals surface area contributed by atoms with Gasteiger partial charge in [-0.3, -0.25) is 0 Å². The maximum Gasteiger partial charge on any atom is 0.161 e. The van der Waals surface area contributed by atoms with Crippen molar-refractivity contribution in [3.63, 3.8) is 0 Å². The fourth-order valence-corrected chi connectivity index (χ4v) is 2.37. The highest BCUT2D eigenvalue weighted by Gasteiger charge is 2.26. The minimum atomic E-state index is -0.156. The number of benzene rings is 1. The normalized spacial score (nSPS) is 19.5. The van der Waals surface area contributed by atoms with Crippen LogP contribution in [0.15, 0.2) is 12.1 Å². The molecule has 0 aliphatic carbocycles. The van der Waals surface area contributed by atoms with Crippen molar-refractivity contribution in [2.24, 2.45) is 0 Å². The third-order valence-electron chi connectivity index (χ3n) is 3.86. The summed E-state index contributed by atoms with van der Waals surface area (Å²) in [6, 6.07) is 4.01. The van der Waals surface area contributed by atoms with Crippen molar-refractivity contribution >= 4 is 0 Å². The van der Waals surface area contributed by atoms with Gasteiger partial charge >= 0.3 is 0 Å². The molecule has 22 heavy (non-hydrogen) atoms. The topological polar surface area (TPSA) is 47.9 Å². The van der Waals surface area contributed by atoms with Crippen LogP contribution in [0.2, 0.25) is 0 Å². The molecule has 1 heterocycles.